The second-order valence-corrected chi connectivity index (χ2v) is 4.80. The van der Waals surface area contributed by atoms with Crippen molar-refractivity contribution in [1.82, 2.24) is 0 Å². The summed E-state index contributed by atoms with van der Waals surface area (Å²) >= 11 is 0. The Bertz CT molecular complexity index is 854. The summed E-state index contributed by atoms with van der Waals surface area (Å²) in [4.78, 5) is 12.2. The van der Waals surface area contributed by atoms with Gasteiger partial charge in [0.25, 0.3) is 0 Å². The highest BCUT2D eigenvalue weighted by atomic mass is 16.5. The van der Waals surface area contributed by atoms with Gasteiger partial charge in [0.2, 0.25) is 0 Å². The molecule has 0 bridgehead atoms. The first-order valence-corrected chi connectivity index (χ1v) is 6.99. The second-order valence-electron chi connectivity index (χ2n) is 4.80. The Labute approximate surface area is 127 Å². The number of hydrogen-bond donors (Lipinski definition) is 2. The van der Waals surface area contributed by atoms with Crippen LogP contribution >= 0.6 is 0 Å². The highest BCUT2D eigenvalue weighted by molar-refractivity contribution is 5.84. The van der Waals surface area contributed by atoms with Gasteiger partial charge >= 0.3 is 5.63 Å². The van der Waals surface area contributed by atoms with Crippen LogP contribution in [0.15, 0.2) is 57.7 Å². The number of hydrazine groups is 1. The van der Waals surface area contributed by atoms with Gasteiger partial charge in [0, 0.05) is 11.5 Å². The number of anilines is 1. The van der Waals surface area contributed by atoms with E-state index in [2.05, 4.69) is 5.43 Å². The third-order valence-electron chi connectivity index (χ3n) is 3.38. The highest BCUT2D eigenvalue weighted by Crippen LogP contribution is 2.24. The van der Waals surface area contributed by atoms with Crippen molar-refractivity contribution in [3.05, 3.63) is 59.0 Å². The van der Waals surface area contributed by atoms with E-state index in [0.29, 0.717) is 23.4 Å². The van der Waals surface area contributed by atoms with E-state index in [1.54, 1.807) is 6.07 Å². The van der Waals surface area contributed by atoms with E-state index in [0.717, 1.165) is 16.7 Å². The van der Waals surface area contributed by atoms with Crippen LogP contribution in [0.2, 0.25) is 0 Å². The Morgan fingerprint density at radius 2 is 1.91 bits per heavy atom. The molecule has 5 heteroatoms. The number of rotatable bonds is 4. The van der Waals surface area contributed by atoms with Crippen molar-refractivity contribution in [3.63, 3.8) is 0 Å². The quantitative estimate of drug-likeness (QED) is 0.439. The lowest BCUT2D eigenvalue weighted by Crippen LogP contribution is -2.07. The lowest BCUT2D eigenvalue weighted by atomic mass is 10.1. The van der Waals surface area contributed by atoms with E-state index in [-0.39, 0.29) is 5.63 Å². The monoisotopic (exact) mass is 296 g/mol. The smallest absolute Gasteiger partial charge is 0.344 e. The minimum atomic E-state index is -0.383. The molecule has 0 aliphatic heterocycles. The number of nitrogen functional groups attached to an aromatic ring is 1. The molecule has 0 saturated heterocycles. The molecule has 0 unspecified atom stereocenters. The molecule has 3 N–H and O–H groups in total. The molecular formula is C17H16N2O3. The maximum Gasteiger partial charge on any atom is 0.344 e. The minimum Gasteiger partial charge on any atom is -0.494 e. The van der Waals surface area contributed by atoms with E-state index in [9.17, 15) is 4.79 Å². The first-order valence-electron chi connectivity index (χ1n) is 6.99. The fourth-order valence-corrected chi connectivity index (χ4v) is 2.30. The summed E-state index contributed by atoms with van der Waals surface area (Å²) in [6, 6.07) is 14.6. The summed E-state index contributed by atoms with van der Waals surface area (Å²) in [5, 5.41) is 0.836. The van der Waals surface area contributed by atoms with Crippen molar-refractivity contribution >= 4 is 16.7 Å². The lowest BCUT2D eigenvalue weighted by Gasteiger charge is -2.06. The SMILES string of the molecule is CCOc1ccc(-c2cc3ccc(NN)cc3oc2=O)cc1. The van der Waals surface area contributed by atoms with Crippen molar-refractivity contribution in [3.8, 4) is 16.9 Å². The van der Waals surface area contributed by atoms with Crippen molar-refractivity contribution < 1.29 is 9.15 Å². The molecule has 0 amide bonds. The molecule has 1 aromatic heterocycles. The summed E-state index contributed by atoms with van der Waals surface area (Å²) in [6.07, 6.45) is 0. The van der Waals surface area contributed by atoms with Crippen LogP contribution in [0.25, 0.3) is 22.1 Å². The number of fused-ring (bicyclic) bond motifs is 1. The Morgan fingerprint density at radius 3 is 2.59 bits per heavy atom. The number of nitrogens with two attached hydrogens (primary N) is 1. The Kier molecular flexibility index (Phi) is 3.80. The molecule has 112 valence electrons. The average Bonchev–Trinajstić information content (AvgIpc) is 2.55. The summed E-state index contributed by atoms with van der Waals surface area (Å²) in [5.74, 6) is 6.13. The van der Waals surface area contributed by atoms with Gasteiger partial charge in [-0.25, -0.2) is 4.79 Å². The molecule has 1 heterocycles. The first-order chi connectivity index (χ1) is 10.7. The molecule has 0 radical (unpaired) electrons. The van der Waals surface area contributed by atoms with Crippen LogP contribution in [0.4, 0.5) is 5.69 Å². The molecule has 5 nitrogen and oxygen atoms in total. The van der Waals surface area contributed by atoms with Gasteiger partial charge in [0.05, 0.1) is 17.9 Å². The van der Waals surface area contributed by atoms with Crippen molar-refractivity contribution in [1.29, 1.82) is 0 Å². The zero-order chi connectivity index (χ0) is 15.5. The van der Waals surface area contributed by atoms with Gasteiger partial charge in [0.1, 0.15) is 11.3 Å². The van der Waals surface area contributed by atoms with Crippen LogP contribution in [-0.2, 0) is 0 Å². The summed E-state index contributed by atoms with van der Waals surface area (Å²) in [6.45, 7) is 2.53. The zero-order valence-electron chi connectivity index (χ0n) is 12.1. The molecule has 0 atom stereocenters. The van der Waals surface area contributed by atoms with Crippen molar-refractivity contribution in [2.45, 2.75) is 6.92 Å². The van der Waals surface area contributed by atoms with Crippen LogP contribution < -0.4 is 21.6 Å². The van der Waals surface area contributed by atoms with Crippen LogP contribution in [0.5, 0.6) is 5.75 Å². The van der Waals surface area contributed by atoms with Gasteiger partial charge in [-0.3, -0.25) is 5.84 Å². The van der Waals surface area contributed by atoms with Gasteiger partial charge in [-0.1, -0.05) is 12.1 Å². The van der Waals surface area contributed by atoms with Gasteiger partial charge < -0.3 is 14.6 Å². The first kappa shape index (κ1) is 14.2. The molecule has 2 aromatic carbocycles. The third-order valence-corrected chi connectivity index (χ3v) is 3.38. The van der Waals surface area contributed by atoms with E-state index < -0.39 is 0 Å². The van der Waals surface area contributed by atoms with Gasteiger partial charge in [-0.2, -0.15) is 0 Å². The Hall–Kier alpha value is -2.79. The lowest BCUT2D eigenvalue weighted by molar-refractivity contribution is 0.340. The molecule has 0 aliphatic rings. The van der Waals surface area contributed by atoms with E-state index in [4.69, 9.17) is 15.0 Å². The van der Waals surface area contributed by atoms with Gasteiger partial charge in [-0.15, -0.1) is 0 Å². The Morgan fingerprint density at radius 1 is 1.14 bits per heavy atom. The maximum atomic E-state index is 12.2. The average molecular weight is 296 g/mol. The van der Waals surface area contributed by atoms with Crippen molar-refractivity contribution in [2.75, 3.05) is 12.0 Å². The van der Waals surface area contributed by atoms with Crippen LogP contribution in [-0.4, -0.2) is 6.61 Å². The van der Waals surface area contributed by atoms with E-state index in [1.165, 1.54) is 0 Å². The number of hydrogen-bond acceptors (Lipinski definition) is 5. The molecule has 3 aromatic rings. The maximum absolute atomic E-state index is 12.2. The van der Waals surface area contributed by atoms with Gasteiger partial charge in [-0.05, 0) is 42.8 Å². The van der Waals surface area contributed by atoms with Crippen LogP contribution in [0.1, 0.15) is 6.92 Å². The normalized spacial score (nSPS) is 10.6. The van der Waals surface area contributed by atoms with Crippen LogP contribution in [0, 0.1) is 0 Å². The highest BCUT2D eigenvalue weighted by Gasteiger charge is 2.08. The fourth-order valence-electron chi connectivity index (χ4n) is 2.30. The Balaban J connectivity index is 2.06. The summed E-state index contributed by atoms with van der Waals surface area (Å²) < 4.78 is 10.8. The molecule has 0 saturated carbocycles. The summed E-state index contributed by atoms with van der Waals surface area (Å²) in [5.41, 5.74) is 4.63. The molecule has 0 fully saturated rings. The minimum absolute atomic E-state index is 0.383. The number of benzene rings is 2. The van der Waals surface area contributed by atoms with E-state index >= 15 is 0 Å². The van der Waals surface area contributed by atoms with E-state index in [1.807, 2.05) is 49.4 Å². The molecular weight excluding hydrogens is 280 g/mol. The fraction of sp³-hybridized carbons (Fsp3) is 0.118. The van der Waals surface area contributed by atoms with Crippen molar-refractivity contribution in [2.24, 2.45) is 5.84 Å². The second kappa shape index (κ2) is 5.91. The summed E-state index contributed by atoms with van der Waals surface area (Å²) in [7, 11) is 0. The molecule has 0 spiro atoms. The van der Waals surface area contributed by atoms with Crippen LogP contribution in [0.3, 0.4) is 0 Å². The molecule has 22 heavy (non-hydrogen) atoms. The predicted octanol–water partition coefficient (Wildman–Crippen LogP) is 3.14. The third kappa shape index (κ3) is 2.66. The largest absolute Gasteiger partial charge is 0.494 e. The molecule has 3 rings (SSSR count). The predicted molar refractivity (Wildman–Crippen MR) is 86.9 cm³/mol. The number of nitrogens with one attached hydrogen (secondary N) is 1. The van der Waals surface area contributed by atoms with Gasteiger partial charge in [0.15, 0.2) is 0 Å². The standard InChI is InChI=1S/C17H16N2O3/c1-2-21-14-7-4-11(5-8-14)15-9-12-3-6-13(19-18)10-16(12)22-17(15)20/h3-10,19H,2,18H2,1H3. The topological polar surface area (TPSA) is 77.5 Å². The zero-order valence-corrected chi connectivity index (χ0v) is 12.1. The number of ether oxygens (including phenoxy) is 1. The molecule has 0 aliphatic carbocycles.